The number of amides is 1. The third kappa shape index (κ3) is 5.10. The summed E-state index contributed by atoms with van der Waals surface area (Å²) in [6.45, 7) is 0. The SMILES string of the molecule is O=C(CSc1nnc(-c2ccc(Br)cc2)n1C1CCCCC1)Nc1cccc(F)c1. The Hall–Kier alpha value is -2.19. The summed E-state index contributed by atoms with van der Waals surface area (Å²) >= 11 is 4.84. The van der Waals surface area contributed by atoms with Gasteiger partial charge in [-0.25, -0.2) is 4.39 Å². The normalized spacial score (nSPS) is 14.6. The van der Waals surface area contributed by atoms with E-state index in [0.29, 0.717) is 11.7 Å². The molecule has 156 valence electrons. The van der Waals surface area contributed by atoms with Crippen LogP contribution >= 0.6 is 27.7 Å². The smallest absolute Gasteiger partial charge is 0.234 e. The minimum atomic E-state index is -0.378. The summed E-state index contributed by atoms with van der Waals surface area (Å²) < 4.78 is 16.5. The first-order chi connectivity index (χ1) is 14.6. The maximum absolute atomic E-state index is 13.3. The Bertz CT molecular complexity index is 1020. The summed E-state index contributed by atoms with van der Waals surface area (Å²) in [4.78, 5) is 12.4. The van der Waals surface area contributed by atoms with E-state index in [9.17, 15) is 9.18 Å². The van der Waals surface area contributed by atoms with Gasteiger partial charge in [0.1, 0.15) is 5.82 Å². The van der Waals surface area contributed by atoms with Crippen molar-refractivity contribution >= 4 is 39.3 Å². The van der Waals surface area contributed by atoms with Crippen LogP contribution in [0.25, 0.3) is 11.4 Å². The lowest BCUT2D eigenvalue weighted by Crippen LogP contribution is -2.17. The van der Waals surface area contributed by atoms with Crippen LogP contribution in [0.5, 0.6) is 0 Å². The Morgan fingerprint density at radius 2 is 1.90 bits per heavy atom. The minimum absolute atomic E-state index is 0.182. The van der Waals surface area contributed by atoms with E-state index in [1.165, 1.54) is 43.2 Å². The number of nitrogens with zero attached hydrogens (tertiary/aromatic N) is 3. The van der Waals surface area contributed by atoms with Gasteiger partial charge in [-0.3, -0.25) is 9.36 Å². The molecule has 2 aromatic carbocycles. The van der Waals surface area contributed by atoms with Gasteiger partial charge in [-0.15, -0.1) is 10.2 Å². The number of benzene rings is 2. The van der Waals surface area contributed by atoms with E-state index in [1.807, 2.05) is 24.3 Å². The summed E-state index contributed by atoms with van der Waals surface area (Å²) in [5.41, 5.74) is 1.46. The van der Waals surface area contributed by atoms with Gasteiger partial charge in [0.2, 0.25) is 5.91 Å². The molecule has 0 spiro atoms. The van der Waals surface area contributed by atoms with E-state index >= 15 is 0 Å². The molecule has 0 unspecified atom stereocenters. The van der Waals surface area contributed by atoms with Crippen LogP contribution in [0.4, 0.5) is 10.1 Å². The third-order valence-electron chi connectivity index (χ3n) is 5.15. The highest BCUT2D eigenvalue weighted by molar-refractivity contribution is 9.10. The first-order valence-electron chi connectivity index (χ1n) is 9.99. The zero-order valence-corrected chi connectivity index (χ0v) is 18.8. The molecule has 1 aromatic heterocycles. The number of rotatable bonds is 6. The Morgan fingerprint density at radius 3 is 2.63 bits per heavy atom. The Morgan fingerprint density at radius 1 is 1.13 bits per heavy atom. The van der Waals surface area contributed by atoms with Crippen LogP contribution in [-0.2, 0) is 4.79 Å². The number of aromatic nitrogens is 3. The standard InChI is InChI=1S/C22H22BrFN4OS/c23-16-11-9-15(10-12-16)21-26-27-22(28(21)19-7-2-1-3-8-19)30-14-20(29)25-18-6-4-5-17(24)13-18/h4-6,9-13,19H,1-3,7-8,14H2,(H,25,29). The summed E-state index contributed by atoms with van der Waals surface area (Å²) in [5, 5.41) is 12.3. The number of anilines is 1. The second kappa shape index (κ2) is 9.75. The highest BCUT2D eigenvalue weighted by Gasteiger charge is 2.24. The molecule has 1 fully saturated rings. The van der Waals surface area contributed by atoms with E-state index in [4.69, 9.17) is 0 Å². The molecule has 0 aliphatic heterocycles. The zero-order valence-electron chi connectivity index (χ0n) is 16.4. The van der Waals surface area contributed by atoms with Gasteiger partial charge in [-0.2, -0.15) is 0 Å². The van der Waals surface area contributed by atoms with E-state index in [1.54, 1.807) is 12.1 Å². The lowest BCUT2D eigenvalue weighted by Gasteiger charge is -2.25. The van der Waals surface area contributed by atoms with Crippen molar-refractivity contribution in [3.63, 3.8) is 0 Å². The highest BCUT2D eigenvalue weighted by atomic mass is 79.9. The molecule has 1 aliphatic rings. The molecule has 3 aromatic rings. The molecular weight excluding hydrogens is 467 g/mol. The summed E-state index contributed by atoms with van der Waals surface area (Å²) in [7, 11) is 0. The van der Waals surface area contributed by atoms with Gasteiger partial charge in [-0.05, 0) is 43.2 Å². The van der Waals surface area contributed by atoms with Crippen molar-refractivity contribution in [1.29, 1.82) is 0 Å². The fourth-order valence-corrected chi connectivity index (χ4v) is 4.80. The van der Waals surface area contributed by atoms with Crippen molar-refractivity contribution in [2.45, 2.75) is 43.3 Å². The molecule has 1 heterocycles. The zero-order chi connectivity index (χ0) is 20.9. The first kappa shape index (κ1) is 21.1. The van der Waals surface area contributed by atoms with Gasteiger partial charge in [0.05, 0.1) is 5.75 Å². The van der Waals surface area contributed by atoms with E-state index in [-0.39, 0.29) is 17.5 Å². The summed E-state index contributed by atoms with van der Waals surface area (Å²) in [6, 6.07) is 14.3. The van der Waals surface area contributed by atoms with Crippen LogP contribution in [0.1, 0.15) is 38.1 Å². The molecule has 4 rings (SSSR count). The van der Waals surface area contributed by atoms with Gasteiger partial charge in [0.15, 0.2) is 11.0 Å². The average Bonchev–Trinajstić information content (AvgIpc) is 3.17. The minimum Gasteiger partial charge on any atom is -0.325 e. The van der Waals surface area contributed by atoms with Crippen LogP contribution < -0.4 is 5.32 Å². The molecule has 1 amide bonds. The van der Waals surface area contributed by atoms with Crippen LogP contribution in [0.3, 0.4) is 0 Å². The van der Waals surface area contributed by atoms with Crippen molar-refractivity contribution < 1.29 is 9.18 Å². The number of carbonyl (C=O) groups excluding carboxylic acids is 1. The number of hydrogen-bond donors (Lipinski definition) is 1. The molecule has 0 bridgehead atoms. The molecule has 0 atom stereocenters. The van der Waals surface area contributed by atoms with E-state index < -0.39 is 0 Å². The van der Waals surface area contributed by atoms with Crippen LogP contribution in [0.15, 0.2) is 58.2 Å². The largest absolute Gasteiger partial charge is 0.325 e. The Labute approximate surface area is 187 Å². The summed E-state index contributed by atoms with van der Waals surface area (Å²) in [6.07, 6.45) is 5.81. The molecule has 5 nitrogen and oxygen atoms in total. The maximum atomic E-state index is 13.3. The van der Waals surface area contributed by atoms with Crippen LogP contribution in [0, 0.1) is 5.82 Å². The molecule has 30 heavy (non-hydrogen) atoms. The lowest BCUT2D eigenvalue weighted by molar-refractivity contribution is -0.113. The van der Waals surface area contributed by atoms with Crippen LogP contribution in [-0.4, -0.2) is 26.4 Å². The molecular formula is C22H22BrFN4OS. The number of halogens is 2. The first-order valence-corrected chi connectivity index (χ1v) is 11.8. The number of carbonyl (C=O) groups is 1. The average molecular weight is 489 g/mol. The third-order valence-corrected chi connectivity index (χ3v) is 6.62. The van der Waals surface area contributed by atoms with Crippen LogP contribution in [0.2, 0.25) is 0 Å². The molecule has 0 radical (unpaired) electrons. The number of nitrogens with one attached hydrogen (secondary N) is 1. The topological polar surface area (TPSA) is 59.8 Å². The fraction of sp³-hybridized carbons (Fsp3) is 0.318. The van der Waals surface area contributed by atoms with Crippen molar-refractivity contribution in [1.82, 2.24) is 14.8 Å². The van der Waals surface area contributed by atoms with Crippen molar-refractivity contribution in [2.75, 3.05) is 11.1 Å². The van der Waals surface area contributed by atoms with E-state index in [2.05, 4.69) is 36.0 Å². The van der Waals surface area contributed by atoms with Gasteiger partial charge in [-0.1, -0.05) is 65.2 Å². The second-order valence-corrected chi connectivity index (χ2v) is 9.18. The number of hydrogen-bond acceptors (Lipinski definition) is 4. The van der Waals surface area contributed by atoms with Gasteiger partial charge in [0, 0.05) is 21.8 Å². The monoisotopic (exact) mass is 488 g/mol. The predicted octanol–water partition coefficient (Wildman–Crippen LogP) is 6.08. The summed E-state index contributed by atoms with van der Waals surface area (Å²) in [5.74, 6) is 0.440. The van der Waals surface area contributed by atoms with E-state index in [0.717, 1.165) is 33.9 Å². The molecule has 0 saturated heterocycles. The number of thioether (sulfide) groups is 1. The van der Waals surface area contributed by atoms with Crippen molar-refractivity contribution in [2.24, 2.45) is 0 Å². The molecule has 1 saturated carbocycles. The Kier molecular flexibility index (Phi) is 6.84. The molecule has 1 aliphatic carbocycles. The molecule has 8 heteroatoms. The quantitative estimate of drug-likeness (QED) is 0.426. The van der Waals surface area contributed by atoms with Gasteiger partial charge >= 0.3 is 0 Å². The van der Waals surface area contributed by atoms with Crippen molar-refractivity contribution in [3.05, 3.63) is 58.8 Å². The van der Waals surface area contributed by atoms with Gasteiger partial charge < -0.3 is 5.32 Å². The highest BCUT2D eigenvalue weighted by Crippen LogP contribution is 2.35. The predicted molar refractivity (Wildman–Crippen MR) is 121 cm³/mol. The fourth-order valence-electron chi connectivity index (χ4n) is 3.73. The van der Waals surface area contributed by atoms with Crippen molar-refractivity contribution in [3.8, 4) is 11.4 Å². The Balaban J connectivity index is 1.53. The second-order valence-electron chi connectivity index (χ2n) is 7.32. The maximum Gasteiger partial charge on any atom is 0.234 e. The lowest BCUT2D eigenvalue weighted by atomic mass is 9.95. The molecule has 1 N–H and O–H groups in total. The van der Waals surface area contributed by atoms with Gasteiger partial charge in [0.25, 0.3) is 0 Å².